The van der Waals surface area contributed by atoms with E-state index in [1.807, 2.05) is 0 Å². The average Bonchev–Trinajstić information content (AvgIpc) is 2.64. The molecular formula is C10H9O6P. The van der Waals surface area contributed by atoms with Crippen molar-refractivity contribution in [3.8, 4) is 24.7 Å². The van der Waals surface area contributed by atoms with Gasteiger partial charge in [-0.15, -0.1) is 12.8 Å². The van der Waals surface area contributed by atoms with Crippen molar-refractivity contribution in [2.24, 2.45) is 0 Å². The van der Waals surface area contributed by atoms with E-state index in [0.717, 1.165) is 0 Å². The van der Waals surface area contributed by atoms with E-state index in [1.165, 1.54) is 0 Å². The van der Waals surface area contributed by atoms with Gasteiger partial charge in [0.25, 0.3) is 0 Å². The van der Waals surface area contributed by atoms with Crippen molar-refractivity contribution in [3.05, 3.63) is 0 Å². The van der Waals surface area contributed by atoms with E-state index in [2.05, 4.69) is 16.6 Å². The number of carbonyl (C=O) groups excluding carboxylic acids is 2. The molecule has 7 heteroatoms. The van der Waals surface area contributed by atoms with Crippen molar-refractivity contribution in [1.29, 1.82) is 0 Å². The standard InChI is InChI=1S/C10H9O6P/c1-3-5-14-17(13,15-6-4-2)8-7-9(11)16-10(8)12/h1-2,8H,5-7H2. The van der Waals surface area contributed by atoms with Crippen LogP contribution in [0.2, 0.25) is 0 Å². The summed E-state index contributed by atoms with van der Waals surface area (Å²) >= 11 is 0. The Morgan fingerprint density at radius 2 is 1.82 bits per heavy atom. The van der Waals surface area contributed by atoms with Gasteiger partial charge in [0.1, 0.15) is 13.2 Å². The Hall–Kier alpha value is -1.59. The van der Waals surface area contributed by atoms with Gasteiger partial charge in [-0.2, -0.15) is 0 Å². The third-order valence-electron chi connectivity index (χ3n) is 1.88. The minimum absolute atomic E-state index is 0.320. The predicted molar refractivity (Wildman–Crippen MR) is 56.7 cm³/mol. The van der Waals surface area contributed by atoms with E-state index >= 15 is 0 Å². The molecule has 0 N–H and O–H groups in total. The zero-order valence-corrected chi connectivity index (χ0v) is 9.64. The zero-order valence-electron chi connectivity index (χ0n) is 8.75. The van der Waals surface area contributed by atoms with Crippen LogP contribution >= 0.6 is 7.60 Å². The summed E-state index contributed by atoms with van der Waals surface area (Å²) in [5.41, 5.74) is -1.29. The number of cyclic esters (lactones) is 2. The fraction of sp³-hybridized carbons (Fsp3) is 0.400. The molecule has 0 aromatic heterocycles. The molecule has 0 saturated carbocycles. The average molecular weight is 256 g/mol. The lowest BCUT2D eigenvalue weighted by atomic mass is 10.4. The second kappa shape index (κ2) is 5.65. The first-order valence-electron chi connectivity index (χ1n) is 4.53. The summed E-state index contributed by atoms with van der Waals surface area (Å²) in [5.74, 6) is 2.44. The molecule has 1 heterocycles. The van der Waals surface area contributed by atoms with Crippen LogP contribution in [-0.4, -0.2) is 30.8 Å². The molecule has 1 atom stereocenters. The zero-order chi connectivity index (χ0) is 12.9. The molecule has 1 rings (SSSR count). The molecule has 0 aromatic carbocycles. The normalized spacial score (nSPS) is 19.5. The quantitative estimate of drug-likeness (QED) is 0.305. The number of hydrogen-bond donors (Lipinski definition) is 0. The van der Waals surface area contributed by atoms with Crippen molar-refractivity contribution in [3.63, 3.8) is 0 Å². The van der Waals surface area contributed by atoms with Crippen LogP contribution in [0.3, 0.4) is 0 Å². The molecule has 0 aliphatic carbocycles. The summed E-state index contributed by atoms with van der Waals surface area (Å²) < 4.78 is 26.1. The van der Waals surface area contributed by atoms with Crippen molar-refractivity contribution < 1.29 is 27.9 Å². The van der Waals surface area contributed by atoms with Crippen LogP contribution in [0.25, 0.3) is 0 Å². The van der Waals surface area contributed by atoms with Crippen LogP contribution in [0.5, 0.6) is 0 Å². The van der Waals surface area contributed by atoms with Crippen LogP contribution < -0.4 is 0 Å². The van der Waals surface area contributed by atoms with Gasteiger partial charge in [0.05, 0.1) is 6.42 Å². The van der Waals surface area contributed by atoms with Crippen LogP contribution in [0.1, 0.15) is 6.42 Å². The topological polar surface area (TPSA) is 78.9 Å². The van der Waals surface area contributed by atoms with Gasteiger partial charge in [-0.1, -0.05) is 11.8 Å². The second-order valence-electron chi connectivity index (χ2n) is 3.01. The number of hydrogen-bond acceptors (Lipinski definition) is 6. The Labute approximate surface area is 98.1 Å². The van der Waals surface area contributed by atoms with Gasteiger partial charge < -0.3 is 4.74 Å². The Bertz CT molecular complexity index is 432. The SMILES string of the molecule is C#CCOP(=O)(OCC#C)C1CC(=O)OC1=O. The highest BCUT2D eigenvalue weighted by molar-refractivity contribution is 7.55. The van der Waals surface area contributed by atoms with Crippen molar-refractivity contribution in [2.75, 3.05) is 13.2 Å². The minimum atomic E-state index is -3.87. The van der Waals surface area contributed by atoms with Crippen molar-refractivity contribution in [1.82, 2.24) is 0 Å². The van der Waals surface area contributed by atoms with E-state index < -0.39 is 25.2 Å². The third-order valence-corrected chi connectivity index (χ3v) is 4.02. The maximum atomic E-state index is 12.2. The highest BCUT2D eigenvalue weighted by Crippen LogP contribution is 2.55. The van der Waals surface area contributed by atoms with Gasteiger partial charge in [0.2, 0.25) is 0 Å². The molecule has 1 fully saturated rings. The molecule has 90 valence electrons. The Morgan fingerprint density at radius 1 is 1.29 bits per heavy atom. The van der Waals surface area contributed by atoms with Crippen molar-refractivity contribution in [2.45, 2.75) is 12.1 Å². The molecule has 1 saturated heterocycles. The third kappa shape index (κ3) is 3.18. The van der Waals surface area contributed by atoms with Gasteiger partial charge in [-0.25, -0.2) is 0 Å². The predicted octanol–water partition coefficient (Wildman–Crippen LogP) is 0.321. The molecule has 0 spiro atoms. The van der Waals surface area contributed by atoms with Crippen LogP contribution in [0.4, 0.5) is 0 Å². The first-order valence-corrected chi connectivity index (χ1v) is 6.15. The van der Waals surface area contributed by atoms with E-state index in [9.17, 15) is 14.2 Å². The lowest BCUT2D eigenvalue weighted by Gasteiger charge is -2.18. The van der Waals surface area contributed by atoms with E-state index in [0.29, 0.717) is 0 Å². The van der Waals surface area contributed by atoms with Gasteiger partial charge >= 0.3 is 19.5 Å². The molecular weight excluding hydrogens is 247 g/mol. The van der Waals surface area contributed by atoms with Crippen LogP contribution in [0, 0.1) is 24.7 Å². The summed E-state index contributed by atoms with van der Waals surface area (Å²) in [4.78, 5) is 22.2. The van der Waals surface area contributed by atoms with E-state index in [4.69, 9.17) is 21.9 Å². The first-order chi connectivity index (χ1) is 8.03. The molecule has 6 nitrogen and oxygen atoms in total. The first kappa shape index (κ1) is 13.5. The van der Waals surface area contributed by atoms with Gasteiger partial charge in [-0.05, 0) is 0 Å². The second-order valence-corrected chi connectivity index (χ2v) is 5.23. The molecule has 1 aliphatic heterocycles. The lowest BCUT2D eigenvalue weighted by Crippen LogP contribution is -2.18. The highest BCUT2D eigenvalue weighted by atomic mass is 31.2. The van der Waals surface area contributed by atoms with Gasteiger partial charge in [0, 0.05) is 0 Å². The smallest absolute Gasteiger partial charge is 0.347 e. The largest absolute Gasteiger partial charge is 0.392 e. The Kier molecular flexibility index (Phi) is 4.48. The van der Waals surface area contributed by atoms with Crippen LogP contribution in [-0.2, 0) is 27.9 Å². The van der Waals surface area contributed by atoms with Crippen molar-refractivity contribution >= 4 is 19.5 Å². The number of esters is 2. The van der Waals surface area contributed by atoms with E-state index in [1.54, 1.807) is 0 Å². The Morgan fingerprint density at radius 3 is 2.18 bits per heavy atom. The molecule has 0 bridgehead atoms. The fourth-order valence-electron chi connectivity index (χ4n) is 1.18. The molecule has 0 amide bonds. The minimum Gasteiger partial charge on any atom is -0.392 e. The summed E-state index contributed by atoms with van der Waals surface area (Å²) in [7, 11) is -3.87. The summed E-state index contributed by atoms with van der Waals surface area (Å²) in [5, 5.41) is 0. The van der Waals surface area contributed by atoms with Crippen LogP contribution in [0.15, 0.2) is 0 Å². The van der Waals surface area contributed by atoms with Gasteiger partial charge in [-0.3, -0.25) is 23.2 Å². The monoisotopic (exact) mass is 256 g/mol. The summed E-state index contributed by atoms with van der Waals surface area (Å²) in [6.07, 6.45) is 9.53. The summed E-state index contributed by atoms with van der Waals surface area (Å²) in [6.45, 7) is -0.639. The molecule has 17 heavy (non-hydrogen) atoms. The number of rotatable bonds is 5. The Balaban J connectivity index is 2.86. The molecule has 1 aliphatic rings. The molecule has 0 radical (unpaired) electrons. The summed E-state index contributed by atoms with van der Waals surface area (Å²) in [6, 6.07) is 0. The maximum Gasteiger partial charge on any atom is 0.347 e. The number of terminal acetylenes is 2. The highest BCUT2D eigenvalue weighted by Gasteiger charge is 2.49. The van der Waals surface area contributed by atoms with Gasteiger partial charge in [0.15, 0.2) is 5.66 Å². The van der Waals surface area contributed by atoms with E-state index in [-0.39, 0.29) is 19.6 Å². The lowest BCUT2D eigenvalue weighted by molar-refractivity contribution is -0.151. The maximum absolute atomic E-state index is 12.2. The molecule has 1 unspecified atom stereocenters. The number of carbonyl (C=O) groups is 2. The fourth-order valence-corrected chi connectivity index (χ4v) is 2.80. The molecule has 0 aromatic rings. The number of ether oxygens (including phenoxy) is 1.